The van der Waals surface area contributed by atoms with Crippen LogP contribution in [0.25, 0.3) is 16.8 Å². The lowest BCUT2D eigenvalue weighted by molar-refractivity contribution is -0.117. The number of carbonyl (C=O) groups is 1. The summed E-state index contributed by atoms with van der Waals surface area (Å²) in [6.07, 6.45) is 1.53. The third-order valence-corrected chi connectivity index (χ3v) is 5.51. The quantitative estimate of drug-likeness (QED) is 0.413. The Morgan fingerprint density at radius 2 is 1.82 bits per heavy atom. The maximum atomic E-state index is 13.9. The van der Waals surface area contributed by atoms with Gasteiger partial charge in [0.15, 0.2) is 5.52 Å². The van der Waals surface area contributed by atoms with Crippen molar-refractivity contribution in [2.75, 3.05) is 5.32 Å². The summed E-state index contributed by atoms with van der Waals surface area (Å²) in [6, 6.07) is 12.6. The molecule has 0 saturated carbocycles. The second-order valence-corrected chi connectivity index (χ2v) is 8.09. The Bertz CT molecular complexity index is 1680. The van der Waals surface area contributed by atoms with Crippen LogP contribution in [0.1, 0.15) is 5.56 Å². The van der Waals surface area contributed by atoms with Crippen LogP contribution in [0.4, 0.5) is 10.1 Å². The van der Waals surface area contributed by atoms with E-state index in [0.717, 1.165) is 10.2 Å². The summed E-state index contributed by atoms with van der Waals surface area (Å²) in [5.74, 6) is -1.21. The lowest BCUT2D eigenvalue weighted by Crippen LogP contribution is -2.29. The molecule has 0 aliphatic heterocycles. The fourth-order valence-electron chi connectivity index (χ4n) is 3.70. The highest BCUT2D eigenvalue weighted by Gasteiger charge is 2.21. The van der Waals surface area contributed by atoms with Crippen LogP contribution in [0.3, 0.4) is 0 Å². The smallest absolute Gasteiger partial charge is 0.322 e. The second kappa shape index (κ2) is 8.27. The van der Waals surface area contributed by atoms with Crippen molar-refractivity contribution < 1.29 is 9.18 Å². The number of nitrogens with zero attached hydrogens (tertiary/aromatic N) is 6. The van der Waals surface area contributed by atoms with Crippen molar-refractivity contribution in [3.05, 3.63) is 92.0 Å². The molecule has 0 saturated heterocycles. The number of rotatable bonds is 5. The maximum Gasteiger partial charge on any atom is 0.352 e. The van der Waals surface area contributed by atoms with Crippen molar-refractivity contribution in [1.82, 2.24) is 28.5 Å². The molecule has 5 rings (SSSR count). The first-order chi connectivity index (χ1) is 16.3. The molecule has 0 atom stereocenters. The number of para-hydroxylation sites is 1. The molecular weight excluding hydrogens is 465 g/mol. The molecule has 0 bridgehead atoms. The Labute approximate surface area is 195 Å². The molecule has 5 aromatic rings. The van der Waals surface area contributed by atoms with Gasteiger partial charge in [0.05, 0.1) is 12.2 Å². The number of nitrogens with one attached hydrogen (secondary N) is 1. The summed E-state index contributed by atoms with van der Waals surface area (Å²) in [5, 5.41) is 11.4. The van der Waals surface area contributed by atoms with Crippen molar-refractivity contribution in [2.24, 2.45) is 7.05 Å². The minimum absolute atomic E-state index is 0.0152. The lowest BCUT2D eigenvalue weighted by Gasteiger charge is -2.07. The van der Waals surface area contributed by atoms with Gasteiger partial charge >= 0.3 is 5.69 Å². The molecule has 0 aliphatic rings. The molecule has 3 heterocycles. The Morgan fingerprint density at radius 3 is 2.56 bits per heavy atom. The normalized spacial score (nSPS) is 11.4. The van der Waals surface area contributed by atoms with Gasteiger partial charge < -0.3 is 5.32 Å². The summed E-state index contributed by atoms with van der Waals surface area (Å²) in [4.78, 5) is 39.0. The number of amides is 1. The molecule has 3 aromatic heterocycles. The molecule has 0 radical (unpaired) electrons. The average molecular weight is 482 g/mol. The van der Waals surface area contributed by atoms with E-state index in [9.17, 15) is 18.8 Å². The zero-order valence-corrected chi connectivity index (χ0v) is 18.5. The number of carbonyl (C=O) groups excluding carboxylic acids is 1. The Hall–Kier alpha value is -4.25. The number of aryl methyl sites for hydroxylation is 1. The third-order valence-electron chi connectivity index (χ3n) is 5.26. The number of anilines is 1. The van der Waals surface area contributed by atoms with Gasteiger partial charge in [-0.2, -0.15) is 5.10 Å². The van der Waals surface area contributed by atoms with Gasteiger partial charge in [0, 0.05) is 18.3 Å². The zero-order chi connectivity index (χ0) is 24.0. The van der Waals surface area contributed by atoms with Crippen LogP contribution in [0.5, 0.6) is 0 Å². The van der Waals surface area contributed by atoms with Gasteiger partial charge in [-0.1, -0.05) is 35.9 Å². The van der Waals surface area contributed by atoms with E-state index in [1.165, 1.54) is 38.0 Å². The van der Waals surface area contributed by atoms with E-state index in [1.807, 2.05) is 0 Å². The van der Waals surface area contributed by atoms with E-state index in [-0.39, 0.29) is 29.0 Å². The Morgan fingerprint density at radius 1 is 1.09 bits per heavy atom. The highest BCUT2D eigenvalue weighted by atomic mass is 35.5. The van der Waals surface area contributed by atoms with Gasteiger partial charge in [-0.15, -0.1) is 5.10 Å². The topological polar surface area (TPSA) is 108 Å². The molecule has 12 heteroatoms. The van der Waals surface area contributed by atoms with Gasteiger partial charge in [0.1, 0.15) is 17.9 Å². The van der Waals surface area contributed by atoms with Crippen LogP contribution in [0.2, 0.25) is 5.02 Å². The van der Waals surface area contributed by atoms with Crippen molar-refractivity contribution in [3.63, 3.8) is 0 Å². The van der Waals surface area contributed by atoms with Crippen LogP contribution in [-0.2, 0) is 24.9 Å². The van der Waals surface area contributed by atoms with Crippen molar-refractivity contribution in [3.8, 4) is 0 Å². The minimum atomic E-state index is -0.648. The van der Waals surface area contributed by atoms with Crippen LogP contribution < -0.4 is 16.6 Å². The monoisotopic (exact) mass is 481 g/mol. The molecule has 10 nitrogen and oxygen atoms in total. The molecule has 2 aromatic carbocycles. The van der Waals surface area contributed by atoms with Crippen LogP contribution in [-0.4, -0.2) is 34.4 Å². The van der Waals surface area contributed by atoms with E-state index in [4.69, 9.17) is 11.6 Å². The average Bonchev–Trinajstić information content (AvgIpc) is 3.34. The molecule has 172 valence electrons. The summed E-state index contributed by atoms with van der Waals surface area (Å²) in [6.45, 7) is -0.379. The predicted octanol–water partition coefficient (Wildman–Crippen LogP) is 2.02. The minimum Gasteiger partial charge on any atom is -0.322 e. The molecule has 0 unspecified atom stereocenters. The number of hydrogen-bond donors (Lipinski definition) is 1. The second-order valence-electron chi connectivity index (χ2n) is 7.66. The van der Waals surface area contributed by atoms with E-state index >= 15 is 0 Å². The van der Waals surface area contributed by atoms with Gasteiger partial charge in [0.2, 0.25) is 11.7 Å². The van der Waals surface area contributed by atoms with E-state index in [0.29, 0.717) is 5.02 Å². The van der Waals surface area contributed by atoms with Crippen molar-refractivity contribution >= 4 is 40.0 Å². The predicted molar refractivity (Wildman–Crippen MR) is 124 cm³/mol. The maximum absolute atomic E-state index is 13.9. The fourth-order valence-corrected chi connectivity index (χ4v) is 3.82. The molecule has 1 N–H and O–H groups in total. The molecular formula is C22H17ClFN7O3. The number of halogens is 2. The molecule has 0 fully saturated rings. The zero-order valence-electron chi connectivity index (χ0n) is 17.8. The largest absolute Gasteiger partial charge is 0.352 e. The van der Waals surface area contributed by atoms with Crippen LogP contribution >= 0.6 is 11.6 Å². The van der Waals surface area contributed by atoms with Crippen molar-refractivity contribution in [1.29, 1.82) is 0 Å². The van der Waals surface area contributed by atoms with E-state index < -0.39 is 29.5 Å². The number of hydrogen-bond acceptors (Lipinski definition) is 5. The summed E-state index contributed by atoms with van der Waals surface area (Å²) < 4.78 is 18.8. The van der Waals surface area contributed by atoms with E-state index in [2.05, 4.69) is 15.5 Å². The van der Waals surface area contributed by atoms with Gasteiger partial charge in [-0.05, 0) is 29.8 Å². The van der Waals surface area contributed by atoms with Crippen LogP contribution in [0, 0.1) is 5.82 Å². The van der Waals surface area contributed by atoms with Gasteiger partial charge in [0.25, 0.3) is 5.56 Å². The van der Waals surface area contributed by atoms with E-state index in [1.54, 1.807) is 37.4 Å². The molecule has 0 aliphatic carbocycles. The molecule has 1 amide bonds. The first kappa shape index (κ1) is 21.6. The fraction of sp³-hybridized carbons (Fsp3) is 0.136. The van der Waals surface area contributed by atoms with Crippen LogP contribution in [0.15, 0.2) is 64.3 Å². The molecule has 34 heavy (non-hydrogen) atoms. The Balaban J connectivity index is 1.61. The standard InChI is InChI=1S/C22H17ClFN7O3/c1-28-11-17-19(26-28)20(33)29(10-13-6-8-14(23)9-7-13)21-27-30(22(34)31(17)21)12-18(32)25-16-5-3-2-4-15(16)24/h2-9,11H,10,12H2,1H3,(H,25,32). The van der Waals surface area contributed by atoms with Gasteiger partial charge in [-0.3, -0.25) is 18.8 Å². The van der Waals surface area contributed by atoms with Crippen molar-refractivity contribution in [2.45, 2.75) is 13.1 Å². The summed E-state index contributed by atoms with van der Waals surface area (Å²) in [5.41, 5.74) is 0.0103. The highest BCUT2D eigenvalue weighted by molar-refractivity contribution is 6.30. The highest BCUT2D eigenvalue weighted by Crippen LogP contribution is 2.14. The lowest BCUT2D eigenvalue weighted by atomic mass is 10.2. The summed E-state index contributed by atoms with van der Waals surface area (Å²) >= 11 is 5.96. The Kier molecular flexibility index (Phi) is 5.25. The molecule has 0 spiro atoms. The first-order valence-electron chi connectivity index (χ1n) is 10.2. The number of aromatic nitrogens is 6. The third kappa shape index (κ3) is 3.75. The SMILES string of the molecule is Cn1cc2c(n1)c(=O)n(Cc1ccc(Cl)cc1)c1nn(CC(=O)Nc3ccccc3F)c(=O)n21. The number of fused-ring (bicyclic) bond motifs is 3. The summed E-state index contributed by atoms with van der Waals surface area (Å²) in [7, 11) is 1.63. The number of benzene rings is 2. The first-order valence-corrected chi connectivity index (χ1v) is 10.5. The van der Waals surface area contributed by atoms with Gasteiger partial charge in [-0.25, -0.2) is 18.3 Å².